The molecule has 136 valence electrons. The lowest BCUT2D eigenvalue weighted by Gasteiger charge is -2.27. The van der Waals surface area contributed by atoms with Gasteiger partial charge < -0.3 is 9.64 Å². The van der Waals surface area contributed by atoms with Gasteiger partial charge in [-0.2, -0.15) is 8.78 Å². The Bertz CT molecular complexity index is 803. The summed E-state index contributed by atoms with van der Waals surface area (Å²) in [6.45, 7) is -1.85. The molecule has 0 aliphatic carbocycles. The third kappa shape index (κ3) is 4.65. The molecule has 0 saturated heterocycles. The molecule has 0 fully saturated rings. The second-order valence-corrected chi connectivity index (χ2v) is 6.03. The molecule has 0 unspecified atom stereocenters. The highest BCUT2D eigenvalue weighted by molar-refractivity contribution is 5.80. The Hall–Kier alpha value is -2.76. The van der Waals surface area contributed by atoms with Crippen LogP contribution in [0.1, 0.15) is 17.5 Å². The molecule has 0 bridgehead atoms. The van der Waals surface area contributed by atoms with Crippen molar-refractivity contribution in [2.24, 2.45) is 0 Å². The average molecular weight is 361 g/mol. The molecule has 2 aromatic carbocycles. The minimum atomic E-state index is -2.89. The SMILES string of the molecule is O=C(Cc1cccc(OC(F)F)c1)N1CC=C(c2ccc(F)cc2)CC1. The number of carbonyl (C=O) groups excluding carboxylic acids is 1. The summed E-state index contributed by atoms with van der Waals surface area (Å²) in [6.07, 6.45) is 2.77. The van der Waals surface area contributed by atoms with Crippen molar-refractivity contribution in [1.82, 2.24) is 4.90 Å². The molecule has 6 heteroatoms. The molecule has 0 spiro atoms. The van der Waals surface area contributed by atoms with Gasteiger partial charge in [0, 0.05) is 13.1 Å². The van der Waals surface area contributed by atoms with E-state index in [1.807, 2.05) is 6.08 Å². The van der Waals surface area contributed by atoms with E-state index in [-0.39, 0.29) is 23.9 Å². The molecule has 1 heterocycles. The van der Waals surface area contributed by atoms with Crippen LogP contribution in [0.4, 0.5) is 13.2 Å². The van der Waals surface area contributed by atoms with Crippen LogP contribution in [-0.4, -0.2) is 30.5 Å². The van der Waals surface area contributed by atoms with Crippen LogP contribution in [0.3, 0.4) is 0 Å². The molecule has 2 aromatic rings. The largest absolute Gasteiger partial charge is 0.435 e. The first-order valence-corrected chi connectivity index (χ1v) is 8.28. The average Bonchev–Trinajstić information content (AvgIpc) is 2.62. The predicted molar refractivity (Wildman–Crippen MR) is 92.4 cm³/mol. The quantitative estimate of drug-likeness (QED) is 0.795. The van der Waals surface area contributed by atoms with Gasteiger partial charge in [0.1, 0.15) is 11.6 Å². The van der Waals surface area contributed by atoms with Crippen molar-refractivity contribution in [1.29, 1.82) is 0 Å². The van der Waals surface area contributed by atoms with Gasteiger partial charge in [0.25, 0.3) is 0 Å². The van der Waals surface area contributed by atoms with Crippen molar-refractivity contribution in [3.05, 3.63) is 71.6 Å². The third-order valence-electron chi connectivity index (χ3n) is 4.26. The summed E-state index contributed by atoms with van der Waals surface area (Å²) >= 11 is 0. The monoisotopic (exact) mass is 361 g/mol. The summed E-state index contributed by atoms with van der Waals surface area (Å²) < 4.78 is 41.9. The van der Waals surface area contributed by atoms with Gasteiger partial charge in [-0.15, -0.1) is 0 Å². The zero-order valence-corrected chi connectivity index (χ0v) is 14.0. The molecule has 0 radical (unpaired) electrons. The lowest BCUT2D eigenvalue weighted by Crippen LogP contribution is -2.35. The fourth-order valence-corrected chi connectivity index (χ4v) is 2.94. The van der Waals surface area contributed by atoms with Crippen LogP contribution in [0, 0.1) is 5.82 Å². The van der Waals surface area contributed by atoms with Crippen molar-refractivity contribution in [3.63, 3.8) is 0 Å². The van der Waals surface area contributed by atoms with Gasteiger partial charge in [-0.1, -0.05) is 30.3 Å². The molecule has 0 aromatic heterocycles. The minimum absolute atomic E-state index is 0.0439. The van der Waals surface area contributed by atoms with Crippen LogP contribution in [-0.2, 0) is 11.2 Å². The minimum Gasteiger partial charge on any atom is -0.435 e. The normalized spacial score (nSPS) is 14.3. The molecule has 1 amide bonds. The number of rotatable bonds is 5. The van der Waals surface area contributed by atoms with Gasteiger partial charge in [-0.25, -0.2) is 4.39 Å². The van der Waals surface area contributed by atoms with Crippen molar-refractivity contribution >= 4 is 11.5 Å². The van der Waals surface area contributed by atoms with Crippen LogP contribution in [0.5, 0.6) is 5.75 Å². The van der Waals surface area contributed by atoms with E-state index in [2.05, 4.69) is 4.74 Å². The highest BCUT2D eigenvalue weighted by atomic mass is 19.3. The topological polar surface area (TPSA) is 29.5 Å². The third-order valence-corrected chi connectivity index (χ3v) is 4.26. The van der Waals surface area contributed by atoms with Crippen molar-refractivity contribution in [2.45, 2.75) is 19.5 Å². The fraction of sp³-hybridized carbons (Fsp3) is 0.250. The molecule has 0 saturated carbocycles. The number of ether oxygens (including phenoxy) is 1. The van der Waals surface area contributed by atoms with Gasteiger partial charge in [-0.05, 0) is 47.4 Å². The van der Waals surface area contributed by atoms with Crippen molar-refractivity contribution in [3.8, 4) is 5.75 Å². The van der Waals surface area contributed by atoms with E-state index in [4.69, 9.17) is 0 Å². The maximum atomic E-state index is 13.0. The molecule has 26 heavy (non-hydrogen) atoms. The second-order valence-electron chi connectivity index (χ2n) is 6.03. The summed E-state index contributed by atoms with van der Waals surface area (Å²) in [5, 5.41) is 0. The molecular formula is C20H18F3NO2. The number of amides is 1. The number of halogens is 3. The first-order chi connectivity index (χ1) is 12.5. The predicted octanol–water partition coefficient (Wildman–Crippen LogP) is 4.29. The highest BCUT2D eigenvalue weighted by Gasteiger charge is 2.18. The van der Waals surface area contributed by atoms with Crippen LogP contribution in [0.15, 0.2) is 54.6 Å². The lowest BCUT2D eigenvalue weighted by molar-refractivity contribution is -0.130. The number of hydrogen-bond donors (Lipinski definition) is 0. The fourth-order valence-electron chi connectivity index (χ4n) is 2.94. The molecule has 0 N–H and O–H groups in total. The maximum Gasteiger partial charge on any atom is 0.387 e. The Balaban J connectivity index is 1.61. The Morgan fingerprint density at radius 3 is 2.58 bits per heavy atom. The number of carbonyl (C=O) groups is 1. The standard InChI is InChI=1S/C20H18F3NO2/c21-17-6-4-15(5-7-17)16-8-10-24(11-9-16)19(25)13-14-2-1-3-18(12-14)26-20(22)23/h1-8,12,20H,9-11,13H2. The Labute approximate surface area is 149 Å². The van der Waals surface area contributed by atoms with Gasteiger partial charge in [0.2, 0.25) is 5.91 Å². The Morgan fingerprint density at radius 2 is 1.92 bits per heavy atom. The molecule has 1 aliphatic rings. The van der Waals surface area contributed by atoms with Gasteiger partial charge >= 0.3 is 6.61 Å². The van der Waals surface area contributed by atoms with Crippen LogP contribution in [0.25, 0.3) is 5.57 Å². The van der Waals surface area contributed by atoms with E-state index in [0.717, 1.165) is 11.1 Å². The zero-order valence-electron chi connectivity index (χ0n) is 14.0. The number of benzene rings is 2. The maximum absolute atomic E-state index is 13.0. The molecule has 3 rings (SSSR count). The first kappa shape index (κ1) is 18.0. The Kier molecular flexibility index (Phi) is 5.61. The Morgan fingerprint density at radius 1 is 1.15 bits per heavy atom. The summed E-state index contributed by atoms with van der Waals surface area (Å²) in [5.74, 6) is -0.309. The van der Waals surface area contributed by atoms with Crippen LogP contribution < -0.4 is 4.74 Å². The number of nitrogens with zero attached hydrogens (tertiary/aromatic N) is 1. The van der Waals surface area contributed by atoms with Gasteiger partial charge in [0.05, 0.1) is 6.42 Å². The molecular weight excluding hydrogens is 343 g/mol. The van der Waals surface area contributed by atoms with E-state index < -0.39 is 6.61 Å². The first-order valence-electron chi connectivity index (χ1n) is 8.28. The van der Waals surface area contributed by atoms with Crippen molar-refractivity contribution in [2.75, 3.05) is 13.1 Å². The summed E-state index contributed by atoms with van der Waals surface area (Å²) in [7, 11) is 0. The molecule has 0 atom stereocenters. The van der Waals surface area contributed by atoms with E-state index in [1.54, 1.807) is 29.2 Å². The molecule has 3 nitrogen and oxygen atoms in total. The summed E-state index contributed by atoms with van der Waals surface area (Å²) in [6, 6.07) is 12.5. The van der Waals surface area contributed by atoms with E-state index in [9.17, 15) is 18.0 Å². The lowest BCUT2D eigenvalue weighted by atomic mass is 9.99. The zero-order chi connectivity index (χ0) is 18.5. The summed E-state index contributed by atoms with van der Waals surface area (Å²) in [4.78, 5) is 14.2. The van der Waals surface area contributed by atoms with Crippen LogP contribution in [0.2, 0.25) is 0 Å². The van der Waals surface area contributed by atoms with E-state index in [1.165, 1.54) is 24.3 Å². The van der Waals surface area contributed by atoms with Crippen molar-refractivity contribution < 1.29 is 22.7 Å². The van der Waals surface area contributed by atoms with Gasteiger partial charge in [0.15, 0.2) is 0 Å². The highest BCUT2D eigenvalue weighted by Crippen LogP contribution is 2.23. The second kappa shape index (κ2) is 8.08. The smallest absolute Gasteiger partial charge is 0.387 e. The van der Waals surface area contributed by atoms with E-state index in [0.29, 0.717) is 25.1 Å². The number of hydrogen-bond acceptors (Lipinski definition) is 2. The van der Waals surface area contributed by atoms with E-state index >= 15 is 0 Å². The van der Waals surface area contributed by atoms with Crippen LogP contribution >= 0.6 is 0 Å². The number of alkyl halides is 2. The van der Waals surface area contributed by atoms with Gasteiger partial charge in [-0.3, -0.25) is 4.79 Å². The summed E-state index contributed by atoms with van der Waals surface area (Å²) in [5.41, 5.74) is 2.66. The molecule has 1 aliphatic heterocycles.